The van der Waals surface area contributed by atoms with Crippen LogP contribution in [0.4, 0.5) is 0 Å². The van der Waals surface area contributed by atoms with Crippen LogP contribution in [0.25, 0.3) is 21.9 Å². The van der Waals surface area contributed by atoms with Gasteiger partial charge < -0.3 is 38.7 Å². The van der Waals surface area contributed by atoms with E-state index >= 15 is 0 Å². The first-order chi connectivity index (χ1) is 13.9. The fraction of sp³-hybridized carbons (Fsp3) is 0.476. The van der Waals surface area contributed by atoms with Gasteiger partial charge in [-0.25, -0.2) is 4.79 Å². The molecule has 0 spiro atoms. The molecule has 1 aromatic carbocycles. The van der Waals surface area contributed by atoms with Crippen LogP contribution in [0.1, 0.15) is 27.7 Å². The van der Waals surface area contributed by atoms with Gasteiger partial charge in [0.05, 0.1) is 28.2 Å². The molecule has 164 valence electrons. The maximum absolute atomic E-state index is 11.9. The number of furan rings is 1. The Labute approximate surface area is 172 Å². The molecule has 0 aliphatic carbocycles. The van der Waals surface area contributed by atoms with E-state index in [2.05, 4.69) is 0 Å². The SMILES string of the molecule is CC(C)(O)[C@H](O)COc1c2occc2c(OC[C@H](O)C(C)(C)O)c2ccc(=O)oc12. The summed E-state index contributed by atoms with van der Waals surface area (Å²) >= 11 is 0. The van der Waals surface area contributed by atoms with Crippen molar-refractivity contribution in [2.24, 2.45) is 0 Å². The number of hydrogen-bond acceptors (Lipinski definition) is 9. The number of aliphatic hydroxyl groups is 4. The van der Waals surface area contributed by atoms with Crippen molar-refractivity contribution >= 4 is 21.9 Å². The van der Waals surface area contributed by atoms with Gasteiger partial charge in [0.2, 0.25) is 5.75 Å². The van der Waals surface area contributed by atoms with Crippen molar-refractivity contribution in [3.63, 3.8) is 0 Å². The fourth-order valence-electron chi connectivity index (χ4n) is 2.70. The van der Waals surface area contributed by atoms with E-state index in [0.717, 1.165) is 0 Å². The standard InChI is InChI=1S/C21H26O9/c1-20(2,25)13(22)9-28-16-11-5-6-15(24)30-18(11)19(17-12(16)7-8-27-17)29-10-14(23)21(3,4)26/h5-8,13-14,22-23,25-26H,9-10H2,1-4H3/t13-,14+/m0/s1. The van der Waals surface area contributed by atoms with Crippen LogP contribution in [0.15, 0.2) is 38.1 Å². The van der Waals surface area contributed by atoms with Gasteiger partial charge in [0.25, 0.3) is 0 Å². The molecule has 30 heavy (non-hydrogen) atoms. The van der Waals surface area contributed by atoms with E-state index in [1.165, 1.54) is 46.1 Å². The average molecular weight is 422 g/mol. The second-order valence-electron chi connectivity index (χ2n) is 8.28. The average Bonchev–Trinajstić information content (AvgIpc) is 3.11. The first kappa shape index (κ1) is 22.1. The smallest absolute Gasteiger partial charge is 0.336 e. The van der Waals surface area contributed by atoms with Gasteiger partial charge in [0, 0.05) is 6.07 Å². The largest absolute Gasteiger partial charge is 0.489 e. The molecular formula is C21H26O9. The predicted octanol–water partition coefficient (Wildman–Crippen LogP) is 1.56. The maximum Gasteiger partial charge on any atom is 0.336 e. The van der Waals surface area contributed by atoms with Crippen LogP contribution in [0.5, 0.6) is 11.5 Å². The van der Waals surface area contributed by atoms with E-state index in [-0.39, 0.29) is 35.9 Å². The summed E-state index contributed by atoms with van der Waals surface area (Å²) in [7, 11) is 0. The lowest BCUT2D eigenvalue weighted by Gasteiger charge is -2.25. The highest BCUT2D eigenvalue weighted by Gasteiger charge is 2.29. The molecule has 0 bridgehead atoms. The highest BCUT2D eigenvalue weighted by molar-refractivity contribution is 6.06. The first-order valence-corrected chi connectivity index (χ1v) is 9.43. The Kier molecular flexibility index (Phi) is 5.83. The Morgan fingerprint density at radius 3 is 1.97 bits per heavy atom. The van der Waals surface area contributed by atoms with Crippen molar-refractivity contribution < 1.29 is 38.7 Å². The summed E-state index contributed by atoms with van der Waals surface area (Å²) in [5, 5.41) is 40.9. The Hall–Kier alpha value is -2.59. The second-order valence-corrected chi connectivity index (χ2v) is 8.28. The van der Waals surface area contributed by atoms with Gasteiger partial charge >= 0.3 is 5.63 Å². The summed E-state index contributed by atoms with van der Waals surface area (Å²) in [6.07, 6.45) is -1.01. The molecule has 3 rings (SSSR count). The summed E-state index contributed by atoms with van der Waals surface area (Å²) < 4.78 is 22.3. The van der Waals surface area contributed by atoms with Crippen molar-refractivity contribution in [3.8, 4) is 11.5 Å². The molecule has 9 heteroatoms. The second kappa shape index (κ2) is 7.92. The zero-order valence-electron chi connectivity index (χ0n) is 17.2. The molecule has 2 aromatic heterocycles. The Bertz CT molecular complexity index is 1080. The summed E-state index contributed by atoms with van der Waals surface area (Å²) in [5.41, 5.74) is -3.19. The summed E-state index contributed by atoms with van der Waals surface area (Å²) in [6.45, 7) is 5.27. The van der Waals surface area contributed by atoms with Crippen LogP contribution in [-0.4, -0.2) is 57.0 Å². The van der Waals surface area contributed by atoms with E-state index in [9.17, 15) is 25.2 Å². The molecule has 0 aliphatic rings. The summed E-state index contributed by atoms with van der Waals surface area (Å²) in [6, 6.07) is 4.31. The first-order valence-electron chi connectivity index (χ1n) is 9.43. The summed E-state index contributed by atoms with van der Waals surface area (Å²) in [4.78, 5) is 11.9. The molecule has 2 atom stereocenters. The van der Waals surface area contributed by atoms with Gasteiger partial charge in [-0.2, -0.15) is 0 Å². The van der Waals surface area contributed by atoms with E-state index in [0.29, 0.717) is 10.8 Å². The fourth-order valence-corrected chi connectivity index (χ4v) is 2.70. The van der Waals surface area contributed by atoms with Crippen molar-refractivity contribution in [3.05, 3.63) is 34.9 Å². The van der Waals surface area contributed by atoms with Crippen molar-refractivity contribution in [2.45, 2.75) is 51.1 Å². The van der Waals surface area contributed by atoms with E-state index in [1.54, 1.807) is 6.07 Å². The molecule has 4 N–H and O–H groups in total. The molecule has 9 nitrogen and oxygen atoms in total. The van der Waals surface area contributed by atoms with Crippen LogP contribution >= 0.6 is 0 Å². The minimum atomic E-state index is -1.41. The number of fused-ring (bicyclic) bond motifs is 2. The number of aliphatic hydroxyl groups excluding tert-OH is 2. The molecule has 0 aliphatic heterocycles. The lowest BCUT2D eigenvalue weighted by molar-refractivity contribution is -0.0663. The van der Waals surface area contributed by atoms with Crippen LogP contribution in [0.2, 0.25) is 0 Å². The molecule has 0 saturated carbocycles. The molecule has 3 aromatic rings. The Morgan fingerprint density at radius 1 is 0.867 bits per heavy atom. The van der Waals surface area contributed by atoms with E-state index < -0.39 is 29.0 Å². The van der Waals surface area contributed by atoms with Crippen LogP contribution < -0.4 is 15.1 Å². The highest BCUT2D eigenvalue weighted by Crippen LogP contribution is 2.43. The minimum absolute atomic E-state index is 0.0284. The van der Waals surface area contributed by atoms with Gasteiger partial charge in [-0.05, 0) is 39.8 Å². The third kappa shape index (κ3) is 4.44. The van der Waals surface area contributed by atoms with Crippen LogP contribution in [-0.2, 0) is 0 Å². The molecule has 0 fully saturated rings. The van der Waals surface area contributed by atoms with Crippen molar-refractivity contribution in [2.75, 3.05) is 13.2 Å². The third-order valence-electron chi connectivity index (χ3n) is 4.80. The molecular weight excluding hydrogens is 396 g/mol. The quantitative estimate of drug-likeness (QED) is 0.398. The van der Waals surface area contributed by atoms with E-state index in [1.807, 2.05) is 0 Å². The van der Waals surface area contributed by atoms with Gasteiger partial charge in [-0.3, -0.25) is 0 Å². The number of hydrogen-bond donors (Lipinski definition) is 4. The predicted molar refractivity (Wildman–Crippen MR) is 108 cm³/mol. The normalized spacial score (nSPS) is 14.8. The molecule has 0 radical (unpaired) electrons. The maximum atomic E-state index is 11.9. The number of benzene rings is 1. The number of rotatable bonds is 8. The zero-order valence-corrected chi connectivity index (χ0v) is 17.2. The van der Waals surface area contributed by atoms with Gasteiger partial charge in [0.15, 0.2) is 11.2 Å². The van der Waals surface area contributed by atoms with Crippen LogP contribution in [0.3, 0.4) is 0 Å². The molecule has 2 heterocycles. The van der Waals surface area contributed by atoms with Crippen molar-refractivity contribution in [1.82, 2.24) is 0 Å². The lowest BCUT2D eigenvalue weighted by Crippen LogP contribution is -2.40. The Morgan fingerprint density at radius 2 is 1.40 bits per heavy atom. The molecule has 0 unspecified atom stereocenters. The zero-order chi connectivity index (χ0) is 22.3. The van der Waals surface area contributed by atoms with Gasteiger partial charge in [-0.1, -0.05) is 0 Å². The highest BCUT2D eigenvalue weighted by atomic mass is 16.5. The number of ether oxygens (including phenoxy) is 2. The van der Waals surface area contributed by atoms with Gasteiger partial charge in [-0.15, -0.1) is 0 Å². The van der Waals surface area contributed by atoms with E-state index in [4.69, 9.17) is 18.3 Å². The lowest BCUT2D eigenvalue weighted by atomic mass is 10.0. The molecule has 0 saturated heterocycles. The summed E-state index contributed by atoms with van der Waals surface area (Å²) in [5.74, 6) is 0.345. The minimum Gasteiger partial charge on any atom is -0.489 e. The molecule has 0 amide bonds. The third-order valence-corrected chi connectivity index (χ3v) is 4.80. The Balaban J connectivity index is 2.09. The van der Waals surface area contributed by atoms with Crippen molar-refractivity contribution in [1.29, 1.82) is 0 Å². The van der Waals surface area contributed by atoms with Gasteiger partial charge in [0.1, 0.15) is 31.2 Å². The monoisotopic (exact) mass is 422 g/mol. The van der Waals surface area contributed by atoms with Crippen LogP contribution in [0, 0.1) is 0 Å². The topological polar surface area (TPSA) is 143 Å².